The molecule has 18 heavy (non-hydrogen) atoms. The van der Waals surface area contributed by atoms with E-state index in [1.807, 2.05) is 0 Å². The molecule has 0 aromatic heterocycles. The van der Waals surface area contributed by atoms with Gasteiger partial charge in [-0.05, 0) is 12.3 Å². The molecule has 0 fully saturated rings. The smallest absolute Gasteiger partial charge is 0.0431 e. The number of aliphatic hydroxyl groups excluding tert-OH is 1. The summed E-state index contributed by atoms with van der Waals surface area (Å²) < 4.78 is 0. The number of aliphatic hydroxyl groups is 1. The van der Waals surface area contributed by atoms with Crippen LogP contribution in [0.2, 0.25) is 0 Å². The third-order valence-electron chi connectivity index (χ3n) is 3.91. The van der Waals surface area contributed by atoms with Crippen molar-refractivity contribution in [3.05, 3.63) is 0 Å². The molecular weight excluding hydrogens is 220 g/mol. The monoisotopic (exact) mass is 256 g/mol. The average molecular weight is 256 g/mol. The first kappa shape index (κ1) is 18.0. The van der Waals surface area contributed by atoms with Gasteiger partial charge < -0.3 is 5.11 Å². The minimum Gasteiger partial charge on any atom is -0.396 e. The van der Waals surface area contributed by atoms with E-state index in [0.717, 1.165) is 12.3 Å². The van der Waals surface area contributed by atoms with Gasteiger partial charge in [-0.25, -0.2) is 0 Å². The Bertz CT molecular complexity index is 145. The molecule has 0 saturated carbocycles. The van der Waals surface area contributed by atoms with Gasteiger partial charge in [0.15, 0.2) is 0 Å². The molecule has 1 N–H and O–H groups in total. The molecule has 1 nitrogen and oxygen atoms in total. The minimum atomic E-state index is 0.371. The Kier molecular flexibility index (Phi) is 15.0. The lowest BCUT2D eigenvalue weighted by Gasteiger charge is -2.10. The van der Waals surface area contributed by atoms with Crippen LogP contribution >= 0.6 is 0 Å². The van der Waals surface area contributed by atoms with E-state index in [9.17, 15) is 0 Å². The SMILES string of the molecule is CCCCC(C)CCCCCCCCCCCO. The summed E-state index contributed by atoms with van der Waals surface area (Å²) in [4.78, 5) is 0. The van der Waals surface area contributed by atoms with Gasteiger partial charge in [-0.1, -0.05) is 90.9 Å². The molecule has 0 aliphatic heterocycles. The van der Waals surface area contributed by atoms with Gasteiger partial charge in [-0.15, -0.1) is 0 Å². The van der Waals surface area contributed by atoms with Gasteiger partial charge in [0.25, 0.3) is 0 Å². The van der Waals surface area contributed by atoms with Gasteiger partial charge >= 0.3 is 0 Å². The molecule has 0 saturated heterocycles. The first-order valence-corrected chi connectivity index (χ1v) is 8.42. The summed E-state index contributed by atoms with van der Waals surface area (Å²) in [5, 5.41) is 8.66. The maximum atomic E-state index is 8.66. The van der Waals surface area contributed by atoms with E-state index in [0.29, 0.717) is 6.61 Å². The van der Waals surface area contributed by atoms with Crippen molar-refractivity contribution in [2.75, 3.05) is 6.61 Å². The average Bonchev–Trinajstić information content (AvgIpc) is 2.38. The van der Waals surface area contributed by atoms with Crippen LogP contribution in [0.3, 0.4) is 0 Å². The van der Waals surface area contributed by atoms with Crippen LogP contribution in [0.5, 0.6) is 0 Å². The summed E-state index contributed by atoms with van der Waals surface area (Å²) in [5.74, 6) is 0.948. The molecular formula is C17H36O. The molecule has 0 amide bonds. The van der Waals surface area contributed by atoms with Crippen molar-refractivity contribution in [1.82, 2.24) is 0 Å². The molecule has 110 valence electrons. The summed E-state index contributed by atoms with van der Waals surface area (Å²) in [6.45, 7) is 5.07. The molecule has 0 rings (SSSR count). The van der Waals surface area contributed by atoms with Crippen molar-refractivity contribution in [2.45, 2.75) is 97.3 Å². The Morgan fingerprint density at radius 2 is 1.11 bits per heavy atom. The highest BCUT2D eigenvalue weighted by molar-refractivity contribution is 4.54. The first-order valence-electron chi connectivity index (χ1n) is 8.42. The Labute approximate surface area is 115 Å². The van der Waals surface area contributed by atoms with E-state index in [1.165, 1.54) is 77.0 Å². The summed E-state index contributed by atoms with van der Waals surface area (Å²) in [6.07, 6.45) is 17.7. The summed E-state index contributed by atoms with van der Waals surface area (Å²) in [5.41, 5.74) is 0. The molecule has 0 radical (unpaired) electrons. The van der Waals surface area contributed by atoms with Gasteiger partial charge in [0.1, 0.15) is 0 Å². The summed E-state index contributed by atoms with van der Waals surface area (Å²) >= 11 is 0. The van der Waals surface area contributed by atoms with Gasteiger partial charge in [0.05, 0.1) is 0 Å². The number of hydrogen-bond acceptors (Lipinski definition) is 1. The number of unbranched alkanes of at least 4 members (excludes halogenated alkanes) is 9. The fourth-order valence-corrected chi connectivity index (χ4v) is 2.54. The van der Waals surface area contributed by atoms with Gasteiger partial charge in [-0.2, -0.15) is 0 Å². The fourth-order valence-electron chi connectivity index (χ4n) is 2.54. The molecule has 0 aliphatic rings. The van der Waals surface area contributed by atoms with E-state index in [2.05, 4.69) is 13.8 Å². The largest absolute Gasteiger partial charge is 0.396 e. The second kappa shape index (κ2) is 15.0. The van der Waals surface area contributed by atoms with E-state index < -0.39 is 0 Å². The third-order valence-corrected chi connectivity index (χ3v) is 3.91. The molecule has 0 aliphatic carbocycles. The Morgan fingerprint density at radius 1 is 0.667 bits per heavy atom. The van der Waals surface area contributed by atoms with Crippen LogP contribution in [0.15, 0.2) is 0 Å². The predicted octanol–water partition coefficient (Wildman–Crippen LogP) is 5.71. The second-order valence-corrected chi connectivity index (χ2v) is 5.94. The van der Waals surface area contributed by atoms with Crippen LogP contribution in [0, 0.1) is 5.92 Å². The van der Waals surface area contributed by atoms with Crippen LogP contribution in [-0.2, 0) is 0 Å². The Hall–Kier alpha value is -0.0400. The highest BCUT2D eigenvalue weighted by Gasteiger charge is 2.00. The molecule has 1 unspecified atom stereocenters. The maximum absolute atomic E-state index is 8.66. The van der Waals surface area contributed by atoms with Crippen LogP contribution < -0.4 is 0 Å². The van der Waals surface area contributed by atoms with E-state index in [1.54, 1.807) is 0 Å². The lowest BCUT2D eigenvalue weighted by atomic mass is 9.97. The summed E-state index contributed by atoms with van der Waals surface area (Å²) in [7, 11) is 0. The highest BCUT2D eigenvalue weighted by atomic mass is 16.2. The van der Waals surface area contributed by atoms with Crippen LogP contribution in [-0.4, -0.2) is 11.7 Å². The third kappa shape index (κ3) is 14.0. The van der Waals surface area contributed by atoms with Gasteiger partial charge in [0.2, 0.25) is 0 Å². The van der Waals surface area contributed by atoms with Gasteiger partial charge in [-0.3, -0.25) is 0 Å². The van der Waals surface area contributed by atoms with Crippen molar-refractivity contribution in [1.29, 1.82) is 0 Å². The van der Waals surface area contributed by atoms with Crippen molar-refractivity contribution in [3.63, 3.8) is 0 Å². The topological polar surface area (TPSA) is 20.2 Å². The first-order chi connectivity index (χ1) is 8.81. The Morgan fingerprint density at radius 3 is 1.61 bits per heavy atom. The zero-order valence-corrected chi connectivity index (χ0v) is 12.9. The van der Waals surface area contributed by atoms with Crippen molar-refractivity contribution >= 4 is 0 Å². The second-order valence-electron chi connectivity index (χ2n) is 5.94. The van der Waals surface area contributed by atoms with Crippen molar-refractivity contribution < 1.29 is 5.11 Å². The molecule has 0 aromatic rings. The zero-order valence-electron chi connectivity index (χ0n) is 12.9. The van der Waals surface area contributed by atoms with Crippen LogP contribution in [0.25, 0.3) is 0 Å². The number of hydrogen-bond donors (Lipinski definition) is 1. The molecule has 0 heterocycles. The molecule has 0 bridgehead atoms. The normalized spacial score (nSPS) is 12.8. The van der Waals surface area contributed by atoms with E-state index in [4.69, 9.17) is 5.11 Å². The van der Waals surface area contributed by atoms with E-state index >= 15 is 0 Å². The Balaban J connectivity index is 3.02. The lowest BCUT2D eigenvalue weighted by molar-refractivity contribution is 0.282. The zero-order chi connectivity index (χ0) is 13.5. The number of rotatable bonds is 14. The quantitative estimate of drug-likeness (QED) is 0.395. The minimum absolute atomic E-state index is 0.371. The fraction of sp³-hybridized carbons (Fsp3) is 1.00. The molecule has 1 atom stereocenters. The van der Waals surface area contributed by atoms with Gasteiger partial charge in [0, 0.05) is 6.61 Å². The highest BCUT2D eigenvalue weighted by Crippen LogP contribution is 2.17. The van der Waals surface area contributed by atoms with Crippen LogP contribution in [0.4, 0.5) is 0 Å². The molecule has 0 spiro atoms. The van der Waals surface area contributed by atoms with Crippen molar-refractivity contribution in [3.8, 4) is 0 Å². The van der Waals surface area contributed by atoms with E-state index in [-0.39, 0.29) is 0 Å². The molecule has 1 heteroatoms. The lowest BCUT2D eigenvalue weighted by Crippen LogP contribution is -1.94. The maximum Gasteiger partial charge on any atom is 0.0431 e. The molecule has 0 aromatic carbocycles. The standard InChI is InChI=1S/C17H36O/c1-3-4-14-17(2)15-12-10-8-6-5-7-9-11-13-16-18/h17-18H,3-16H2,1-2H3. The predicted molar refractivity (Wildman–Crippen MR) is 81.9 cm³/mol. The summed E-state index contributed by atoms with van der Waals surface area (Å²) in [6, 6.07) is 0. The van der Waals surface area contributed by atoms with Crippen molar-refractivity contribution in [2.24, 2.45) is 5.92 Å². The van der Waals surface area contributed by atoms with Crippen LogP contribution in [0.1, 0.15) is 97.3 Å².